The monoisotopic (exact) mass is 188 g/mol. The Balaban J connectivity index is 2.28. The van der Waals surface area contributed by atoms with Crippen molar-refractivity contribution in [2.24, 2.45) is 4.99 Å². The predicted octanol–water partition coefficient (Wildman–Crippen LogP) is 2.70. The molecule has 74 valence electrons. The molecule has 2 nitrogen and oxygen atoms in total. The minimum Gasteiger partial charge on any atom is -0.328 e. The van der Waals surface area contributed by atoms with Crippen LogP contribution >= 0.6 is 0 Å². The van der Waals surface area contributed by atoms with Gasteiger partial charge in [-0.25, -0.2) is 0 Å². The van der Waals surface area contributed by atoms with Gasteiger partial charge in [-0.2, -0.15) is 0 Å². The molecule has 0 aliphatic carbocycles. The highest BCUT2D eigenvalue weighted by Crippen LogP contribution is 2.25. The van der Waals surface area contributed by atoms with Crippen LogP contribution in [0.4, 0.5) is 5.69 Å². The Labute approximate surface area is 85.3 Å². The Morgan fingerprint density at radius 3 is 2.36 bits per heavy atom. The first kappa shape index (κ1) is 9.25. The molecule has 0 N–H and O–H groups in total. The molecular weight excluding hydrogens is 172 g/mol. The molecule has 1 aliphatic rings. The minimum atomic E-state index is 0.0555. The van der Waals surface area contributed by atoms with Gasteiger partial charge in [-0.3, -0.25) is 4.99 Å². The van der Waals surface area contributed by atoms with E-state index in [1.165, 1.54) is 5.69 Å². The Morgan fingerprint density at radius 1 is 1.21 bits per heavy atom. The third kappa shape index (κ3) is 1.65. The molecule has 0 atom stereocenters. The van der Waals surface area contributed by atoms with E-state index in [4.69, 9.17) is 0 Å². The van der Waals surface area contributed by atoms with Gasteiger partial charge in [0.15, 0.2) is 0 Å². The molecule has 0 radical (unpaired) electrons. The average Bonchev–Trinajstić information content (AvgIpc) is 2.41. The summed E-state index contributed by atoms with van der Waals surface area (Å²) in [5.74, 6) is 1.11. The van der Waals surface area contributed by atoms with Crippen molar-refractivity contribution in [2.75, 3.05) is 11.4 Å². The maximum atomic E-state index is 4.62. The lowest BCUT2D eigenvalue weighted by Crippen LogP contribution is -2.31. The minimum absolute atomic E-state index is 0.0555. The first-order valence-corrected chi connectivity index (χ1v) is 4.97. The van der Waals surface area contributed by atoms with Gasteiger partial charge in [-0.15, -0.1) is 0 Å². The third-order valence-corrected chi connectivity index (χ3v) is 2.47. The van der Waals surface area contributed by atoms with Gasteiger partial charge in [-0.1, -0.05) is 18.2 Å². The Hall–Kier alpha value is -1.31. The lowest BCUT2D eigenvalue weighted by atomic mass is 10.1. The molecule has 0 saturated heterocycles. The fraction of sp³-hybridized carbons (Fsp3) is 0.417. The molecule has 14 heavy (non-hydrogen) atoms. The molecule has 0 aromatic heterocycles. The molecule has 0 amide bonds. The van der Waals surface area contributed by atoms with Crippen molar-refractivity contribution < 1.29 is 0 Å². The normalized spacial score (nSPS) is 19.6. The van der Waals surface area contributed by atoms with E-state index in [2.05, 4.69) is 54.9 Å². The van der Waals surface area contributed by atoms with Crippen LogP contribution in [0.2, 0.25) is 0 Å². The summed E-state index contributed by atoms with van der Waals surface area (Å²) < 4.78 is 0. The summed E-state index contributed by atoms with van der Waals surface area (Å²) >= 11 is 0. The standard InChI is InChI=1S/C12H16N2/c1-10-13-12(2,3)9-14(10)11-7-5-4-6-8-11/h4-8H,9H2,1-3H3. The maximum absolute atomic E-state index is 4.62. The highest BCUT2D eigenvalue weighted by atomic mass is 15.3. The molecule has 2 heteroatoms. The van der Waals surface area contributed by atoms with Gasteiger partial charge in [0, 0.05) is 12.2 Å². The molecule has 1 aliphatic heterocycles. The van der Waals surface area contributed by atoms with E-state index >= 15 is 0 Å². The van der Waals surface area contributed by atoms with Gasteiger partial charge in [-0.05, 0) is 32.9 Å². The maximum Gasteiger partial charge on any atom is 0.101 e. The summed E-state index contributed by atoms with van der Waals surface area (Å²) in [5.41, 5.74) is 1.29. The van der Waals surface area contributed by atoms with E-state index < -0.39 is 0 Å². The van der Waals surface area contributed by atoms with Gasteiger partial charge in [0.1, 0.15) is 5.84 Å². The second-order valence-corrected chi connectivity index (χ2v) is 4.39. The zero-order valence-corrected chi connectivity index (χ0v) is 8.99. The zero-order valence-electron chi connectivity index (χ0n) is 8.99. The Kier molecular flexibility index (Phi) is 2.06. The van der Waals surface area contributed by atoms with Gasteiger partial charge >= 0.3 is 0 Å². The second kappa shape index (κ2) is 3.12. The summed E-state index contributed by atoms with van der Waals surface area (Å²) in [6.45, 7) is 7.38. The van der Waals surface area contributed by atoms with E-state index in [0.29, 0.717) is 0 Å². The molecule has 1 aromatic carbocycles. The number of hydrogen-bond donors (Lipinski definition) is 0. The SMILES string of the molecule is CC1=NC(C)(C)CN1c1ccccc1. The van der Waals surface area contributed by atoms with Crippen LogP contribution in [0, 0.1) is 0 Å². The molecule has 1 aromatic rings. The largest absolute Gasteiger partial charge is 0.328 e. The first-order valence-electron chi connectivity index (χ1n) is 4.97. The molecular formula is C12H16N2. The van der Waals surface area contributed by atoms with E-state index in [9.17, 15) is 0 Å². The summed E-state index contributed by atoms with van der Waals surface area (Å²) in [6, 6.07) is 10.4. The highest BCUT2D eigenvalue weighted by Gasteiger charge is 2.29. The molecule has 0 unspecified atom stereocenters. The van der Waals surface area contributed by atoms with Crippen LogP contribution in [0.3, 0.4) is 0 Å². The third-order valence-electron chi connectivity index (χ3n) is 2.47. The molecule has 0 saturated carbocycles. The Bertz CT molecular complexity index is 352. The van der Waals surface area contributed by atoms with E-state index in [1.54, 1.807) is 0 Å². The van der Waals surface area contributed by atoms with Crippen molar-refractivity contribution >= 4 is 11.5 Å². The van der Waals surface area contributed by atoms with Crippen molar-refractivity contribution in [3.63, 3.8) is 0 Å². The highest BCUT2D eigenvalue weighted by molar-refractivity contribution is 5.98. The fourth-order valence-corrected chi connectivity index (χ4v) is 1.92. The van der Waals surface area contributed by atoms with Crippen LogP contribution in [0.15, 0.2) is 35.3 Å². The number of rotatable bonds is 1. The molecule has 0 spiro atoms. The fourth-order valence-electron chi connectivity index (χ4n) is 1.92. The quantitative estimate of drug-likeness (QED) is 0.661. The Morgan fingerprint density at radius 2 is 1.86 bits per heavy atom. The number of benzene rings is 1. The topological polar surface area (TPSA) is 15.6 Å². The lowest BCUT2D eigenvalue weighted by molar-refractivity contribution is 0.565. The molecule has 2 rings (SSSR count). The summed E-state index contributed by atoms with van der Waals surface area (Å²) in [5, 5.41) is 0. The van der Waals surface area contributed by atoms with E-state index in [-0.39, 0.29) is 5.54 Å². The van der Waals surface area contributed by atoms with Crippen LogP contribution in [0.1, 0.15) is 20.8 Å². The van der Waals surface area contributed by atoms with Crippen molar-refractivity contribution in [3.05, 3.63) is 30.3 Å². The van der Waals surface area contributed by atoms with Gasteiger partial charge in [0.25, 0.3) is 0 Å². The van der Waals surface area contributed by atoms with E-state index in [0.717, 1.165) is 12.4 Å². The zero-order chi connectivity index (χ0) is 10.2. The summed E-state index contributed by atoms with van der Waals surface area (Å²) in [6.07, 6.45) is 0. The number of hydrogen-bond acceptors (Lipinski definition) is 2. The average molecular weight is 188 g/mol. The number of anilines is 1. The predicted molar refractivity (Wildman–Crippen MR) is 61.0 cm³/mol. The van der Waals surface area contributed by atoms with Gasteiger partial charge < -0.3 is 4.90 Å². The van der Waals surface area contributed by atoms with Crippen molar-refractivity contribution in [3.8, 4) is 0 Å². The smallest absolute Gasteiger partial charge is 0.101 e. The number of aliphatic imine (C=N–C) groups is 1. The molecule has 1 heterocycles. The van der Waals surface area contributed by atoms with Crippen LogP contribution in [0.25, 0.3) is 0 Å². The molecule has 0 bridgehead atoms. The first-order chi connectivity index (χ1) is 6.58. The van der Waals surface area contributed by atoms with Crippen LogP contribution < -0.4 is 4.90 Å². The van der Waals surface area contributed by atoms with Crippen molar-refractivity contribution in [1.29, 1.82) is 0 Å². The van der Waals surface area contributed by atoms with E-state index in [1.807, 2.05) is 6.07 Å². The van der Waals surface area contributed by atoms with Gasteiger partial charge in [0.05, 0.1) is 5.54 Å². The number of nitrogens with zero attached hydrogens (tertiary/aromatic N) is 2. The summed E-state index contributed by atoms with van der Waals surface area (Å²) in [7, 11) is 0. The van der Waals surface area contributed by atoms with Crippen LogP contribution in [-0.4, -0.2) is 17.9 Å². The lowest BCUT2D eigenvalue weighted by Gasteiger charge is -2.21. The van der Waals surface area contributed by atoms with Crippen molar-refractivity contribution in [1.82, 2.24) is 0 Å². The summed E-state index contributed by atoms with van der Waals surface area (Å²) in [4.78, 5) is 6.89. The van der Waals surface area contributed by atoms with Gasteiger partial charge in [0.2, 0.25) is 0 Å². The van der Waals surface area contributed by atoms with Crippen LogP contribution in [-0.2, 0) is 0 Å². The molecule has 0 fully saturated rings. The van der Waals surface area contributed by atoms with Crippen molar-refractivity contribution in [2.45, 2.75) is 26.3 Å². The van der Waals surface area contributed by atoms with Crippen LogP contribution in [0.5, 0.6) is 0 Å². The second-order valence-electron chi connectivity index (χ2n) is 4.39. The number of para-hydroxylation sites is 1. The number of amidine groups is 1.